The van der Waals surface area contributed by atoms with Crippen LogP contribution < -0.4 is 25.6 Å². The van der Waals surface area contributed by atoms with Crippen LogP contribution in [-0.4, -0.2) is 37.2 Å². The number of amides is 3. The van der Waals surface area contributed by atoms with Crippen LogP contribution in [0.3, 0.4) is 0 Å². The zero-order valence-corrected chi connectivity index (χ0v) is 19.9. The minimum absolute atomic E-state index is 0.0278. The monoisotopic (exact) mass is 497 g/mol. The third-order valence-corrected chi connectivity index (χ3v) is 5.71. The number of nitrogens with one attached hydrogen (secondary N) is 3. The van der Waals surface area contributed by atoms with Gasteiger partial charge in [0, 0.05) is 16.1 Å². The number of ether oxygens (including phenoxy) is 2. The van der Waals surface area contributed by atoms with Gasteiger partial charge >= 0.3 is 0 Å². The first-order chi connectivity index (χ1) is 16.9. The summed E-state index contributed by atoms with van der Waals surface area (Å²) in [6.45, 7) is 2.28. The van der Waals surface area contributed by atoms with E-state index in [4.69, 9.17) is 9.47 Å². The lowest BCUT2D eigenvalue weighted by Crippen LogP contribution is -2.41. The lowest BCUT2D eigenvalue weighted by molar-refractivity contribution is -0.113. The van der Waals surface area contributed by atoms with Crippen molar-refractivity contribution < 1.29 is 28.2 Å². The first-order valence-electron chi connectivity index (χ1n) is 10.6. The molecule has 35 heavy (non-hydrogen) atoms. The second-order valence-electron chi connectivity index (χ2n) is 7.05. The van der Waals surface area contributed by atoms with Crippen LogP contribution in [-0.2, 0) is 4.79 Å². The average Bonchev–Trinajstić information content (AvgIpc) is 2.87. The number of methoxy groups -OCH3 is 1. The van der Waals surface area contributed by atoms with Gasteiger partial charge in [-0.15, -0.1) is 11.8 Å². The Kier molecular flexibility index (Phi) is 9.08. The van der Waals surface area contributed by atoms with Crippen molar-refractivity contribution in [3.63, 3.8) is 0 Å². The van der Waals surface area contributed by atoms with Gasteiger partial charge in [-0.05, 0) is 61.5 Å². The Labute approximate surface area is 206 Å². The Morgan fingerprint density at radius 2 is 1.63 bits per heavy atom. The molecule has 0 heterocycles. The molecule has 3 aromatic rings. The molecule has 0 unspecified atom stereocenters. The van der Waals surface area contributed by atoms with Gasteiger partial charge < -0.3 is 14.8 Å². The molecular formula is C25H24FN3O5S. The summed E-state index contributed by atoms with van der Waals surface area (Å²) in [6, 6.07) is 16.8. The molecule has 0 aliphatic heterocycles. The number of hydrogen-bond donors (Lipinski definition) is 3. The number of carbonyl (C=O) groups excluding carboxylic acids is 3. The number of halogens is 1. The van der Waals surface area contributed by atoms with Crippen LogP contribution in [0.2, 0.25) is 0 Å². The highest BCUT2D eigenvalue weighted by molar-refractivity contribution is 8.00. The van der Waals surface area contributed by atoms with Gasteiger partial charge in [0.2, 0.25) is 5.91 Å². The molecule has 0 saturated heterocycles. The maximum atomic E-state index is 13.0. The van der Waals surface area contributed by atoms with E-state index >= 15 is 0 Å². The molecule has 0 aromatic heterocycles. The van der Waals surface area contributed by atoms with Crippen LogP contribution in [0.1, 0.15) is 27.6 Å². The fourth-order valence-corrected chi connectivity index (χ4v) is 3.84. The van der Waals surface area contributed by atoms with Crippen LogP contribution in [0.4, 0.5) is 10.1 Å². The van der Waals surface area contributed by atoms with Gasteiger partial charge in [-0.25, -0.2) is 4.39 Å². The molecule has 0 saturated carbocycles. The topological polar surface area (TPSA) is 106 Å². The summed E-state index contributed by atoms with van der Waals surface area (Å²) in [5.74, 6) is -0.862. The first-order valence-corrected chi connectivity index (χ1v) is 11.6. The van der Waals surface area contributed by atoms with Crippen molar-refractivity contribution in [3.05, 3.63) is 83.7 Å². The van der Waals surface area contributed by atoms with Crippen molar-refractivity contribution in [2.75, 3.05) is 24.8 Å². The van der Waals surface area contributed by atoms with Crippen LogP contribution in [0, 0.1) is 5.82 Å². The van der Waals surface area contributed by atoms with Crippen LogP contribution in [0.5, 0.6) is 11.5 Å². The Morgan fingerprint density at radius 1 is 0.914 bits per heavy atom. The standard InChI is InChI=1S/C25H24FN3O5S/c1-3-34-20-13-8-16(14-21(20)33-2)24(31)28-29-25(32)19-6-4-5-7-22(19)35-15-23(30)27-18-11-9-17(26)10-12-18/h4-14H,3,15H2,1-2H3,(H,27,30)(H,28,31)(H,29,32). The number of anilines is 1. The number of benzene rings is 3. The number of thioether (sulfide) groups is 1. The predicted molar refractivity (Wildman–Crippen MR) is 131 cm³/mol. The zero-order chi connectivity index (χ0) is 25.2. The van der Waals surface area contributed by atoms with E-state index in [1.807, 2.05) is 6.92 Å². The minimum atomic E-state index is -0.543. The Balaban J connectivity index is 1.58. The maximum absolute atomic E-state index is 13.0. The summed E-state index contributed by atoms with van der Waals surface area (Å²) in [6.07, 6.45) is 0. The maximum Gasteiger partial charge on any atom is 0.270 e. The molecule has 0 radical (unpaired) electrons. The highest BCUT2D eigenvalue weighted by Gasteiger charge is 2.16. The molecule has 0 atom stereocenters. The molecule has 3 N–H and O–H groups in total. The molecule has 0 aliphatic carbocycles. The average molecular weight is 498 g/mol. The van der Waals surface area contributed by atoms with Gasteiger partial charge in [0.25, 0.3) is 11.8 Å². The minimum Gasteiger partial charge on any atom is -0.493 e. The van der Waals surface area contributed by atoms with Crippen molar-refractivity contribution in [3.8, 4) is 11.5 Å². The summed E-state index contributed by atoms with van der Waals surface area (Å²) in [5, 5.41) is 2.66. The summed E-state index contributed by atoms with van der Waals surface area (Å²) in [4.78, 5) is 38.0. The number of hydrogen-bond acceptors (Lipinski definition) is 6. The van der Waals surface area contributed by atoms with Gasteiger partial charge in [-0.3, -0.25) is 25.2 Å². The molecule has 0 spiro atoms. The van der Waals surface area contributed by atoms with Gasteiger partial charge in [0.15, 0.2) is 11.5 Å². The Hall–Kier alpha value is -4.05. The lowest BCUT2D eigenvalue weighted by atomic mass is 10.2. The third kappa shape index (κ3) is 7.21. The largest absolute Gasteiger partial charge is 0.493 e. The van der Waals surface area contributed by atoms with Crippen molar-refractivity contribution in [2.24, 2.45) is 0 Å². The smallest absolute Gasteiger partial charge is 0.270 e. The van der Waals surface area contributed by atoms with E-state index in [0.29, 0.717) is 28.7 Å². The Morgan fingerprint density at radius 3 is 2.34 bits per heavy atom. The van der Waals surface area contributed by atoms with Gasteiger partial charge in [-0.2, -0.15) is 0 Å². The number of hydrazine groups is 1. The molecule has 0 fully saturated rings. The fraction of sp³-hybridized carbons (Fsp3) is 0.160. The van der Waals surface area contributed by atoms with E-state index in [0.717, 1.165) is 11.8 Å². The summed E-state index contributed by atoms with van der Waals surface area (Å²) < 4.78 is 23.7. The van der Waals surface area contributed by atoms with Gasteiger partial charge in [0.05, 0.1) is 25.0 Å². The molecule has 3 rings (SSSR count). The highest BCUT2D eigenvalue weighted by Crippen LogP contribution is 2.28. The van der Waals surface area contributed by atoms with Crippen LogP contribution >= 0.6 is 11.8 Å². The van der Waals surface area contributed by atoms with Gasteiger partial charge in [0.1, 0.15) is 5.82 Å². The molecular weight excluding hydrogens is 473 g/mol. The van der Waals surface area contributed by atoms with Crippen molar-refractivity contribution in [2.45, 2.75) is 11.8 Å². The Bertz CT molecular complexity index is 1200. The molecule has 0 aliphatic rings. The van der Waals surface area contributed by atoms with Crippen LogP contribution in [0.15, 0.2) is 71.6 Å². The van der Waals surface area contributed by atoms with E-state index in [1.165, 1.54) is 37.4 Å². The molecule has 8 nitrogen and oxygen atoms in total. The predicted octanol–water partition coefficient (Wildman–Crippen LogP) is 4.04. The van der Waals surface area contributed by atoms with E-state index in [-0.39, 0.29) is 22.8 Å². The lowest BCUT2D eigenvalue weighted by Gasteiger charge is -2.13. The zero-order valence-electron chi connectivity index (χ0n) is 19.1. The second kappa shape index (κ2) is 12.4. The molecule has 182 valence electrons. The molecule has 10 heteroatoms. The number of carbonyl (C=O) groups is 3. The third-order valence-electron chi connectivity index (χ3n) is 4.63. The van der Waals surface area contributed by atoms with Crippen molar-refractivity contribution in [1.82, 2.24) is 10.9 Å². The fourth-order valence-electron chi connectivity index (χ4n) is 2.99. The van der Waals surface area contributed by atoms with E-state index < -0.39 is 17.6 Å². The van der Waals surface area contributed by atoms with Gasteiger partial charge in [-0.1, -0.05) is 12.1 Å². The number of rotatable bonds is 9. The normalized spacial score (nSPS) is 10.3. The quantitative estimate of drug-likeness (QED) is 0.304. The summed E-state index contributed by atoms with van der Waals surface area (Å²) in [5.41, 5.74) is 5.79. The first kappa shape index (κ1) is 25.6. The van der Waals surface area contributed by atoms with E-state index in [9.17, 15) is 18.8 Å². The summed E-state index contributed by atoms with van der Waals surface area (Å²) in [7, 11) is 1.47. The van der Waals surface area contributed by atoms with E-state index in [1.54, 1.807) is 36.4 Å². The van der Waals surface area contributed by atoms with Crippen molar-refractivity contribution in [1.29, 1.82) is 0 Å². The second-order valence-corrected chi connectivity index (χ2v) is 8.06. The highest BCUT2D eigenvalue weighted by atomic mass is 32.2. The SMILES string of the molecule is CCOc1ccc(C(=O)NNC(=O)c2ccccc2SCC(=O)Nc2ccc(F)cc2)cc1OC. The molecule has 3 amide bonds. The van der Waals surface area contributed by atoms with Crippen molar-refractivity contribution >= 4 is 35.2 Å². The molecule has 3 aromatic carbocycles. The summed E-state index contributed by atoms with van der Waals surface area (Å²) >= 11 is 1.16. The molecule has 0 bridgehead atoms. The van der Waals surface area contributed by atoms with Crippen LogP contribution in [0.25, 0.3) is 0 Å². The van der Waals surface area contributed by atoms with E-state index in [2.05, 4.69) is 16.2 Å².